The number of hydrogen-bond donors (Lipinski definition) is 1. The molecule has 0 aliphatic carbocycles. The van der Waals surface area contributed by atoms with Gasteiger partial charge in [-0.3, -0.25) is 9.59 Å². The number of rotatable bonds is 67. The van der Waals surface area contributed by atoms with E-state index in [1.807, 2.05) is 21.1 Å². The van der Waals surface area contributed by atoms with Crippen LogP contribution in [0.3, 0.4) is 0 Å². The fraction of sp³-hybridized carbons (Fsp3) is 0.756. The van der Waals surface area contributed by atoms with Crippen LogP contribution in [-0.2, 0) is 33.3 Å². The maximum absolute atomic E-state index is 13.0. The molecular formula is C78H138NO8+. The number of allylic oxidation sites excluding steroid dienone is 16. The number of quaternary nitrogens is 1. The Kier molecular flexibility index (Phi) is 65.2. The van der Waals surface area contributed by atoms with E-state index in [2.05, 4.69) is 111 Å². The number of esters is 2. The quantitative estimate of drug-likeness (QED) is 0.0211. The Morgan fingerprint density at radius 1 is 0.345 bits per heavy atom. The normalized spacial score (nSPS) is 13.3. The summed E-state index contributed by atoms with van der Waals surface area (Å²) in [7, 11) is 5.99. The summed E-state index contributed by atoms with van der Waals surface area (Å²) in [4.78, 5) is 37.7. The van der Waals surface area contributed by atoms with Crippen LogP contribution in [0.1, 0.15) is 322 Å². The van der Waals surface area contributed by atoms with Crippen molar-refractivity contribution in [3.63, 3.8) is 0 Å². The molecule has 0 aromatic carbocycles. The predicted molar refractivity (Wildman–Crippen MR) is 373 cm³/mol. The molecule has 87 heavy (non-hydrogen) atoms. The molecule has 0 fully saturated rings. The average Bonchev–Trinajstić information content (AvgIpc) is 3.59. The molecule has 502 valence electrons. The number of carbonyl (C=O) groups excluding carboxylic acids is 2. The molecule has 9 heteroatoms. The first-order valence-electron chi connectivity index (χ1n) is 36.4. The Labute approximate surface area is 537 Å². The van der Waals surface area contributed by atoms with E-state index in [1.165, 1.54) is 205 Å². The zero-order chi connectivity index (χ0) is 63.3. The minimum Gasteiger partial charge on any atom is -0.477 e. The van der Waals surface area contributed by atoms with Crippen LogP contribution < -0.4 is 0 Å². The second-order valence-corrected chi connectivity index (χ2v) is 25.5. The van der Waals surface area contributed by atoms with Crippen LogP contribution in [0.4, 0.5) is 0 Å². The number of unbranched alkanes of at least 4 members (excludes halogenated alkanes) is 36. The zero-order valence-corrected chi connectivity index (χ0v) is 57.4. The van der Waals surface area contributed by atoms with Crippen molar-refractivity contribution < 1.29 is 42.9 Å². The van der Waals surface area contributed by atoms with Gasteiger partial charge in [0.05, 0.1) is 34.4 Å². The molecule has 0 aromatic rings. The van der Waals surface area contributed by atoms with Crippen LogP contribution in [0, 0.1) is 0 Å². The highest BCUT2D eigenvalue weighted by atomic mass is 16.7. The minimum absolute atomic E-state index is 0.181. The summed E-state index contributed by atoms with van der Waals surface area (Å²) in [5.74, 6) is -1.99. The van der Waals surface area contributed by atoms with Crippen molar-refractivity contribution in [2.45, 2.75) is 334 Å². The van der Waals surface area contributed by atoms with E-state index in [1.54, 1.807) is 0 Å². The first-order valence-corrected chi connectivity index (χ1v) is 36.4. The van der Waals surface area contributed by atoms with Gasteiger partial charge in [-0.1, -0.05) is 317 Å². The van der Waals surface area contributed by atoms with Crippen molar-refractivity contribution >= 4 is 17.9 Å². The van der Waals surface area contributed by atoms with Gasteiger partial charge in [0.2, 0.25) is 0 Å². The van der Waals surface area contributed by atoms with E-state index in [0.717, 1.165) is 89.9 Å². The van der Waals surface area contributed by atoms with Gasteiger partial charge in [0.1, 0.15) is 13.2 Å². The van der Waals surface area contributed by atoms with Crippen molar-refractivity contribution in [2.75, 3.05) is 47.5 Å². The third kappa shape index (κ3) is 69.5. The van der Waals surface area contributed by atoms with E-state index in [9.17, 15) is 19.5 Å². The number of aliphatic carboxylic acids is 1. The lowest BCUT2D eigenvalue weighted by Gasteiger charge is -2.25. The van der Waals surface area contributed by atoms with Crippen LogP contribution in [0.2, 0.25) is 0 Å². The molecule has 0 radical (unpaired) electrons. The average molecular weight is 1220 g/mol. The van der Waals surface area contributed by atoms with Gasteiger partial charge in [0.25, 0.3) is 6.29 Å². The molecule has 0 amide bonds. The molecule has 9 nitrogen and oxygen atoms in total. The van der Waals surface area contributed by atoms with Gasteiger partial charge in [-0.15, -0.1) is 0 Å². The van der Waals surface area contributed by atoms with Crippen molar-refractivity contribution in [1.82, 2.24) is 0 Å². The maximum Gasteiger partial charge on any atom is 0.361 e. The second kappa shape index (κ2) is 68.1. The van der Waals surface area contributed by atoms with Gasteiger partial charge < -0.3 is 28.5 Å². The molecule has 0 saturated carbocycles. The van der Waals surface area contributed by atoms with Crippen molar-refractivity contribution in [2.24, 2.45) is 0 Å². The molecule has 1 N–H and O–H groups in total. The molecule has 0 bridgehead atoms. The molecule has 0 rings (SSSR count). The largest absolute Gasteiger partial charge is 0.477 e. The van der Waals surface area contributed by atoms with Crippen molar-refractivity contribution in [3.8, 4) is 0 Å². The van der Waals surface area contributed by atoms with Gasteiger partial charge in [0.15, 0.2) is 6.10 Å². The standard InChI is InChI=1S/C78H137NO8/c1-6-8-10-12-14-16-18-20-22-24-26-28-30-32-34-36-37-38-39-41-43-45-47-49-51-53-55-57-59-61-63-65-67-69-76(81)87-74(73-86-78(77(82)83)84-71-70-79(3,4)5)72-85-75(80)68-66-64-62-60-58-56-54-52-50-48-46-44-42-40-35-33-31-29-27-25-23-21-19-17-15-13-11-9-7-2/h8-11,14-17,20-23,26-29,74,78H,6-7,12-13,18-19,24-25,30-73H2,1-5H3/p+1/b10-8-,11-9-,16-14-,17-15-,22-20-,23-21-,28-26-,29-27-. The van der Waals surface area contributed by atoms with Crippen LogP contribution in [-0.4, -0.2) is 87.4 Å². The summed E-state index contributed by atoms with van der Waals surface area (Å²) < 4.78 is 23.0. The SMILES string of the molecule is CC/C=C\C/C=C\C/C=C\C/C=C\CCCCCCCCCCCCCCCCCCCCCCC(=O)OC(COC(=O)CCCCCCCCCCCCCCCCCC/C=C\C/C=C\C/C=C\C/C=C\CC)COC(OCC[N+](C)(C)C)C(=O)O. The van der Waals surface area contributed by atoms with Crippen molar-refractivity contribution in [1.29, 1.82) is 0 Å². The molecule has 0 aromatic heterocycles. The molecule has 0 aliphatic heterocycles. The topological polar surface area (TPSA) is 108 Å². The van der Waals surface area contributed by atoms with Gasteiger partial charge >= 0.3 is 17.9 Å². The molecule has 0 heterocycles. The molecule has 2 unspecified atom stereocenters. The Morgan fingerprint density at radius 2 is 0.621 bits per heavy atom. The highest BCUT2D eigenvalue weighted by Gasteiger charge is 2.25. The third-order valence-electron chi connectivity index (χ3n) is 15.8. The van der Waals surface area contributed by atoms with Crippen LogP contribution in [0.25, 0.3) is 0 Å². The van der Waals surface area contributed by atoms with Crippen LogP contribution in [0.5, 0.6) is 0 Å². The lowest BCUT2D eigenvalue weighted by atomic mass is 10.0. The summed E-state index contributed by atoms with van der Waals surface area (Å²) in [6.45, 7) is 4.69. The molecule has 0 aliphatic rings. The summed E-state index contributed by atoms with van der Waals surface area (Å²) in [5.41, 5.74) is 0. The molecule has 2 atom stereocenters. The maximum atomic E-state index is 13.0. The number of nitrogens with zero attached hydrogens (tertiary/aromatic N) is 1. The number of likely N-dealkylation sites (N-methyl/N-ethyl adjacent to an activating group) is 1. The summed E-state index contributed by atoms with van der Waals surface area (Å²) in [6.07, 6.45) is 91.0. The fourth-order valence-corrected chi connectivity index (χ4v) is 10.4. The highest BCUT2D eigenvalue weighted by Crippen LogP contribution is 2.18. The molecular weight excluding hydrogens is 1080 g/mol. The smallest absolute Gasteiger partial charge is 0.361 e. The first kappa shape index (κ1) is 83.2. The van der Waals surface area contributed by atoms with E-state index in [4.69, 9.17) is 18.9 Å². The summed E-state index contributed by atoms with van der Waals surface area (Å²) in [6, 6.07) is 0. The summed E-state index contributed by atoms with van der Waals surface area (Å²) >= 11 is 0. The Balaban J connectivity index is 4.06. The number of carboxylic acid groups (broad SMARTS) is 1. The number of ether oxygens (including phenoxy) is 4. The monoisotopic (exact) mass is 1220 g/mol. The van der Waals surface area contributed by atoms with E-state index in [0.29, 0.717) is 17.4 Å². The number of hydrogen-bond acceptors (Lipinski definition) is 7. The third-order valence-corrected chi connectivity index (χ3v) is 15.8. The lowest BCUT2D eigenvalue weighted by Crippen LogP contribution is -2.40. The van der Waals surface area contributed by atoms with Crippen LogP contribution in [0.15, 0.2) is 97.2 Å². The first-order chi connectivity index (χ1) is 42.6. The minimum atomic E-state index is -1.51. The van der Waals surface area contributed by atoms with Crippen molar-refractivity contribution in [3.05, 3.63) is 97.2 Å². The second-order valence-electron chi connectivity index (χ2n) is 25.5. The van der Waals surface area contributed by atoms with Crippen LogP contribution >= 0.6 is 0 Å². The molecule has 0 saturated heterocycles. The van der Waals surface area contributed by atoms with Gasteiger partial charge in [0, 0.05) is 12.8 Å². The van der Waals surface area contributed by atoms with E-state index >= 15 is 0 Å². The highest BCUT2D eigenvalue weighted by molar-refractivity contribution is 5.71. The van der Waals surface area contributed by atoms with Gasteiger partial charge in [-0.05, 0) is 89.9 Å². The lowest BCUT2D eigenvalue weighted by molar-refractivity contribution is -0.870. The number of carbonyl (C=O) groups is 3. The number of carboxylic acids is 1. The Hall–Kier alpha value is -3.79. The fourth-order valence-electron chi connectivity index (χ4n) is 10.4. The van der Waals surface area contributed by atoms with E-state index < -0.39 is 24.3 Å². The van der Waals surface area contributed by atoms with Gasteiger partial charge in [-0.2, -0.15) is 0 Å². The predicted octanol–water partition coefficient (Wildman–Crippen LogP) is 22.8. The zero-order valence-electron chi connectivity index (χ0n) is 57.4. The van der Waals surface area contributed by atoms with Gasteiger partial charge in [-0.25, -0.2) is 4.79 Å². The Bertz CT molecular complexity index is 1750. The Morgan fingerprint density at radius 3 is 0.920 bits per heavy atom. The molecule has 0 spiro atoms. The summed E-state index contributed by atoms with van der Waals surface area (Å²) in [5, 5.41) is 9.76. The van der Waals surface area contributed by atoms with E-state index in [-0.39, 0.29) is 32.2 Å².